The predicted molar refractivity (Wildman–Crippen MR) is 111 cm³/mol. The minimum Gasteiger partial charge on any atom is -0.494 e. The Labute approximate surface area is 173 Å². The first-order valence-corrected chi connectivity index (χ1v) is 9.57. The Balaban J connectivity index is 1.87. The summed E-state index contributed by atoms with van der Waals surface area (Å²) >= 11 is 0. The number of hydrogen-bond donors (Lipinski definition) is 2. The van der Waals surface area contributed by atoms with E-state index in [1.54, 1.807) is 16.7 Å². The fourth-order valence-electron chi connectivity index (χ4n) is 3.89. The molecule has 1 saturated carbocycles. The van der Waals surface area contributed by atoms with Crippen LogP contribution in [-0.2, 0) is 0 Å². The van der Waals surface area contributed by atoms with Crippen LogP contribution in [0.15, 0.2) is 46.2 Å². The lowest BCUT2D eigenvalue weighted by atomic mass is 10.00. The molecule has 0 unspecified atom stereocenters. The number of rotatable bonds is 4. The highest BCUT2D eigenvalue weighted by Crippen LogP contribution is 2.43. The van der Waals surface area contributed by atoms with Crippen molar-refractivity contribution in [3.8, 4) is 16.9 Å². The molecule has 1 aromatic carbocycles. The average Bonchev–Trinajstić information content (AvgIpc) is 3.58. The number of hydrogen-bond acceptors (Lipinski definition) is 5. The highest BCUT2D eigenvalue weighted by atomic mass is 19.1. The quantitative estimate of drug-likeness (QED) is 0.523. The molecule has 1 aliphatic rings. The molecule has 0 amide bonds. The summed E-state index contributed by atoms with van der Waals surface area (Å²) in [6.45, 7) is 0. The number of nitrogens with zero attached hydrogens (tertiary/aromatic N) is 2. The fraction of sp³-hybridized carbons (Fsp3) is 0.182. The van der Waals surface area contributed by atoms with E-state index in [4.69, 9.17) is 4.74 Å². The number of H-pyrrole nitrogens is 1. The number of fused-ring (bicyclic) bond motifs is 2. The standard InChI is InChI=1S/C22H16FN3O5/c1-31-20-17(11-6-10-2-5-16(27)25-21(10)24-8-11)15(23)7-13-18(20)26(12-3-4-12)9-14(19(13)28)22(29)30/h2,5-9,12H,3-4H2,1H3,(H,29,30)(H,24,25,27). The second-order valence-corrected chi connectivity index (χ2v) is 7.46. The zero-order chi connectivity index (χ0) is 21.9. The van der Waals surface area contributed by atoms with Crippen LogP contribution < -0.4 is 15.7 Å². The SMILES string of the molecule is COc1c(-c2cnc3[nH]c(=O)ccc3c2)c(F)cc2c(=O)c(C(=O)O)cn(C3CC3)c12. The first kappa shape index (κ1) is 19.0. The monoisotopic (exact) mass is 421 g/mol. The molecule has 0 radical (unpaired) electrons. The minimum absolute atomic E-state index is 0.00761. The lowest BCUT2D eigenvalue weighted by Crippen LogP contribution is -2.19. The van der Waals surface area contributed by atoms with Crippen LogP contribution >= 0.6 is 0 Å². The highest BCUT2D eigenvalue weighted by molar-refractivity contribution is 5.98. The Hall–Kier alpha value is -4.01. The maximum atomic E-state index is 15.3. The third-order valence-electron chi connectivity index (χ3n) is 5.46. The molecule has 5 rings (SSSR count). The van der Waals surface area contributed by atoms with Gasteiger partial charge in [-0.05, 0) is 31.0 Å². The smallest absolute Gasteiger partial charge is 0.341 e. The number of aromatic nitrogens is 3. The number of carbonyl (C=O) groups is 1. The van der Waals surface area contributed by atoms with Crippen LogP contribution in [0.2, 0.25) is 0 Å². The van der Waals surface area contributed by atoms with Crippen molar-refractivity contribution in [2.45, 2.75) is 18.9 Å². The van der Waals surface area contributed by atoms with Crippen molar-refractivity contribution in [2.24, 2.45) is 0 Å². The van der Waals surface area contributed by atoms with Crippen LogP contribution in [0.5, 0.6) is 5.75 Å². The molecule has 0 bridgehead atoms. The topological polar surface area (TPSA) is 114 Å². The van der Waals surface area contributed by atoms with Crippen molar-refractivity contribution < 1.29 is 19.0 Å². The molecule has 156 valence electrons. The van der Waals surface area contributed by atoms with E-state index in [-0.39, 0.29) is 28.3 Å². The van der Waals surface area contributed by atoms with Crippen molar-refractivity contribution in [3.63, 3.8) is 0 Å². The molecular formula is C22H16FN3O5. The van der Waals surface area contributed by atoms with Gasteiger partial charge in [0.1, 0.15) is 17.0 Å². The van der Waals surface area contributed by atoms with Gasteiger partial charge in [-0.3, -0.25) is 9.59 Å². The number of carboxylic acids is 1. The minimum atomic E-state index is -1.36. The first-order valence-electron chi connectivity index (χ1n) is 9.57. The molecule has 3 heterocycles. The van der Waals surface area contributed by atoms with E-state index in [2.05, 4.69) is 9.97 Å². The van der Waals surface area contributed by atoms with Crippen molar-refractivity contribution in [2.75, 3.05) is 7.11 Å². The number of carboxylic acid groups (broad SMARTS) is 1. The molecule has 31 heavy (non-hydrogen) atoms. The Morgan fingerprint density at radius 2 is 2.06 bits per heavy atom. The molecular weight excluding hydrogens is 405 g/mol. The summed E-state index contributed by atoms with van der Waals surface area (Å²) in [5.41, 5.74) is -0.275. The summed E-state index contributed by atoms with van der Waals surface area (Å²) in [7, 11) is 1.37. The Kier molecular flexibility index (Phi) is 4.14. The third kappa shape index (κ3) is 2.97. The van der Waals surface area contributed by atoms with Crippen LogP contribution in [0.3, 0.4) is 0 Å². The van der Waals surface area contributed by atoms with Gasteiger partial charge in [0, 0.05) is 35.5 Å². The van der Waals surface area contributed by atoms with Crippen LogP contribution in [-0.4, -0.2) is 32.7 Å². The van der Waals surface area contributed by atoms with Gasteiger partial charge in [-0.2, -0.15) is 0 Å². The first-order chi connectivity index (χ1) is 14.9. The van der Waals surface area contributed by atoms with Gasteiger partial charge >= 0.3 is 5.97 Å². The number of aromatic amines is 1. The maximum absolute atomic E-state index is 15.3. The molecule has 1 aliphatic carbocycles. The number of aromatic carboxylic acids is 1. The molecule has 0 atom stereocenters. The molecule has 0 spiro atoms. The number of pyridine rings is 3. The number of nitrogens with one attached hydrogen (secondary N) is 1. The zero-order valence-electron chi connectivity index (χ0n) is 16.3. The van der Waals surface area contributed by atoms with Crippen LogP contribution in [0.25, 0.3) is 33.1 Å². The molecule has 2 N–H and O–H groups in total. The van der Waals surface area contributed by atoms with Crippen molar-refractivity contribution in [1.82, 2.24) is 14.5 Å². The molecule has 0 saturated heterocycles. The largest absolute Gasteiger partial charge is 0.494 e. The average molecular weight is 421 g/mol. The molecule has 9 heteroatoms. The van der Waals surface area contributed by atoms with Gasteiger partial charge in [0.15, 0.2) is 5.75 Å². The second-order valence-electron chi connectivity index (χ2n) is 7.46. The lowest BCUT2D eigenvalue weighted by Gasteiger charge is -2.18. The van der Waals surface area contributed by atoms with Gasteiger partial charge in [-0.15, -0.1) is 0 Å². The van der Waals surface area contributed by atoms with E-state index in [1.807, 2.05) is 0 Å². The summed E-state index contributed by atoms with van der Waals surface area (Å²) < 4.78 is 22.6. The molecule has 3 aromatic heterocycles. The maximum Gasteiger partial charge on any atom is 0.341 e. The number of halogens is 1. The summed E-state index contributed by atoms with van der Waals surface area (Å²) in [5, 5.41) is 9.97. The number of methoxy groups -OCH3 is 1. The van der Waals surface area contributed by atoms with Gasteiger partial charge in [-0.25, -0.2) is 14.2 Å². The van der Waals surface area contributed by atoms with E-state index in [0.717, 1.165) is 18.9 Å². The van der Waals surface area contributed by atoms with Crippen molar-refractivity contribution >= 4 is 27.9 Å². The Morgan fingerprint density at radius 1 is 1.29 bits per heavy atom. The fourth-order valence-corrected chi connectivity index (χ4v) is 3.89. The summed E-state index contributed by atoms with van der Waals surface area (Å²) in [6.07, 6.45) is 4.35. The molecule has 8 nitrogen and oxygen atoms in total. The number of ether oxygens (including phenoxy) is 1. The third-order valence-corrected chi connectivity index (χ3v) is 5.46. The molecule has 1 fully saturated rings. The van der Waals surface area contributed by atoms with Gasteiger partial charge in [0.05, 0.1) is 23.6 Å². The summed E-state index contributed by atoms with van der Waals surface area (Å²) in [5.74, 6) is -1.98. The van der Waals surface area contributed by atoms with Crippen LogP contribution in [0.1, 0.15) is 29.2 Å². The Morgan fingerprint density at radius 3 is 2.74 bits per heavy atom. The zero-order valence-corrected chi connectivity index (χ0v) is 16.3. The van der Waals surface area contributed by atoms with Gasteiger partial charge in [0.2, 0.25) is 11.0 Å². The summed E-state index contributed by atoms with van der Waals surface area (Å²) in [6, 6.07) is 5.65. The van der Waals surface area contributed by atoms with E-state index in [9.17, 15) is 19.5 Å². The van der Waals surface area contributed by atoms with Crippen molar-refractivity contribution in [1.29, 1.82) is 0 Å². The van der Waals surface area contributed by atoms with Crippen molar-refractivity contribution in [3.05, 3.63) is 68.6 Å². The lowest BCUT2D eigenvalue weighted by molar-refractivity contribution is 0.0695. The summed E-state index contributed by atoms with van der Waals surface area (Å²) in [4.78, 5) is 42.7. The molecule has 0 aliphatic heterocycles. The van der Waals surface area contributed by atoms with E-state index in [1.165, 1.54) is 25.6 Å². The highest BCUT2D eigenvalue weighted by Gasteiger charge is 2.30. The second kappa shape index (κ2) is 6.76. The van der Waals surface area contributed by atoms with E-state index >= 15 is 4.39 Å². The van der Waals surface area contributed by atoms with Gasteiger partial charge in [-0.1, -0.05) is 0 Å². The van der Waals surface area contributed by atoms with Gasteiger partial charge in [0.25, 0.3) is 0 Å². The predicted octanol–water partition coefficient (Wildman–Crippen LogP) is 3.09. The van der Waals surface area contributed by atoms with Gasteiger partial charge < -0.3 is 19.4 Å². The number of benzene rings is 1. The normalized spacial score (nSPS) is 13.6. The Bertz CT molecular complexity index is 1520. The van der Waals surface area contributed by atoms with E-state index in [0.29, 0.717) is 22.1 Å². The van der Waals surface area contributed by atoms with E-state index < -0.39 is 22.8 Å². The molecule has 4 aromatic rings. The van der Waals surface area contributed by atoms with Crippen LogP contribution in [0, 0.1) is 5.82 Å². The van der Waals surface area contributed by atoms with Crippen LogP contribution in [0.4, 0.5) is 4.39 Å².